The van der Waals surface area contributed by atoms with Gasteiger partial charge >= 0.3 is 0 Å². The molecule has 1 aromatic heterocycles. The van der Waals surface area contributed by atoms with E-state index in [4.69, 9.17) is 0 Å². The number of benzene rings is 1. The summed E-state index contributed by atoms with van der Waals surface area (Å²) in [6.45, 7) is 6.93. The first-order valence-electron chi connectivity index (χ1n) is 8.21. The summed E-state index contributed by atoms with van der Waals surface area (Å²) in [5, 5.41) is 8.31. The number of aryl methyl sites for hydroxylation is 2. The quantitative estimate of drug-likeness (QED) is 0.815. The summed E-state index contributed by atoms with van der Waals surface area (Å²) < 4.78 is 0. The van der Waals surface area contributed by atoms with Gasteiger partial charge in [-0.25, -0.2) is 0 Å². The average Bonchev–Trinajstić information content (AvgIpc) is 2.62. The van der Waals surface area contributed by atoms with E-state index in [1.807, 2.05) is 61.2 Å². The molecule has 1 aliphatic heterocycles. The zero-order valence-corrected chi connectivity index (χ0v) is 14.1. The van der Waals surface area contributed by atoms with Gasteiger partial charge in [0.15, 0.2) is 5.82 Å². The minimum absolute atomic E-state index is 0.0629. The van der Waals surface area contributed by atoms with Gasteiger partial charge in [0.1, 0.15) is 0 Å². The van der Waals surface area contributed by atoms with E-state index >= 15 is 0 Å². The fraction of sp³-hybridized carbons (Fsp3) is 0.316. The lowest BCUT2D eigenvalue weighted by molar-refractivity contribution is -0.126. The fourth-order valence-corrected chi connectivity index (χ4v) is 2.76. The predicted molar refractivity (Wildman–Crippen MR) is 95.8 cm³/mol. The van der Waals surface area contributed by atoms with E-state index in [1.165, 1.54) is 5.56 Å². The van der Waals surface area contributed by atoms with E-state index in [2.05, 4.69) is 15.1 Å². The normalized spacial score (nSPS) is 15.1. The van der Waals surface area contributed by atoms with Gasteiger partial charge < -0.3 is 9.80 Å². The molecule has 0 atom stereocenters. The van der Waals surface area contributed by atoms with Crippen LogP contribution in [0.4, 0.5) is 5.82 Å². The van der Waals surface area contributed by atoms with Crippen LogP contribution in [0.1, 0.15) is 16.8 Å². The Labute approximate surface area is 142 Å². The lowest BCUT2D eigenvalue weighted by atomic mass is 10.1. The van der Waals surface area contributed by atoms with Crippen molar-refractivity contribution in [2.75, 3.05) is 31.1 Å². The Hall–Kier alpha value is -2.69. The third kappa shape index (κ3) is 3.79. The molecule has 5 nitrogen and oxygen atoms in total. The van der Waals surface area contributed by atoms with Crippen molar-refractivity contribution in [2.45, 2.75) is 13.8 Å². The van der Waals surface area contributed by atoms with Crippen LogP contribution >= 0.6 is 0 Å². The molecule has 0 radical (unpaired) electrons. The second-order valence-electron chi connectivity index (χ2n) is 6.04. The van der Waals surface area contributed by atoms with Crippen LogP contribution in [0, 0.1) is 13.8 Å². The summed E-state index contributed by atoms with van der Waals surface area (Å²) in [6.07, 6.45) is 3.57. The number of aromatic nitrogens is 2. The molecule has 2 heterocycles. The smallest absolute Gasteiger partial charge is 0.246 e. The van der Waals surface area contributed by atoms with Crippen LogP contribution in [0.3, 0.4) is 0 Å². The standard InChI is InChI=1S/C19H22N4O/c1-15-5-3-4-6-17(15)8-10-19(24)23-13-11-22(12-14-23)18-9-7-16(2)20-21-18/h3-10H,11-14H2,1-2H3/b10-8+. The van der Waals surface area contributed by atoms with Gasteiger partial charge in [-0.15, -0.1) is 5.10 Å². The van der Waals surface area contributed by atoms with Gasteiger partial charge in [-0.05, 0) is 43.2 Å². The number of hydrogen-bond acceptors (Lipinski definition) is 4. The molecule has 0 N–H and O–H groups in total. The van der Waals surface area contributed by atoms with E-state index < -0.39 is 0 Å². The Morgan fingerprint density at radius 1 is 1.00 bits per heavy atom. The Kier molecular flexibility index (Phi) is 4.89. The Morgan fingerprint density at radius 2 is 1.75 bits per heavy atom. The minimum Gasteiger partial charge on any atom is -0.352 e. The first-order valence-corrected chi connectivity index (χ1v) is 8.21. The molecule has 1 saturated heterocycles. The maximum Gasteiger partial charge on any atom is 0.246 e. The highest BCUT2D eigenvalue weighted by atomic mass is 16.2. The molecule has 0 unspecified atom stereocenters. The maximum absolute atomic E-state index is 12.4. The number of anilines is 1. The highest BCUT2D eigenvalue weighted by Gasteiger charge is 2.20. The predicted octanol–water partition coefficient (Wildman–Crippen LogP) is 2.46. The largest absolute Gasteiger partial charge is 0.352 e. The summed E-state index contributed by atoms with van der Waals surface area (Å²) in [5.74, 6) is 0.941. The lowest BCUT2D eigenvalue weighted by Gasteiger charge is -2.34. The SMILES string of the molecule is Cc1ccc(N2CCN(C(=O)/C=C/c3ccccc3C)CC2)nn1. The number of carbonyl (C=O) groups excluding carboxylic acids is 1. The van der Waals surface area contributed by atoms with Gasteiger partial charge in [0, 0.05) is 32.3 Å². The molecule has 1 fully saturated rings. The van der Waals surface area contributed by atoms with Crippen molar-refractivity contribution in [3.8, 4) is 0 Å². The van der Waals surface area contributed by atoms with Crippen molar-refractivity contribution in [1.82, 2.24) is 15.1 Å². The van der Waals surface area contributed by atoms with Crippen molar-refractivity contribution in [3.63, 3.8) is 0 Å². The Bertz CT molecular complexity index is 731. The zero-order chi connectivity index (χ0) is 16.9. The molecule has 1 aliphatic rings. The molecular weight excluding hydrogens is 300 g/mol. The monoisotopic (exact) mass is 322 g/mol. The van der Waals surface area contributed by atoms with Crippen molar-refractivity contribution >= 4 is 17.8 Å². The van der Waals surface area contributed by atoms with E-state index in [0.29, 0.717) is 13.1 Å². The van der Waals surface area contributed by atoms with Gasteiger partial charge in [0.05, 0.1) is 5.69 Å². The van der Waals surface area contributed by atoms with E-state index in [-0.39, 0.29) is 5.91 Å². The van der Waals surface area contributed by atoms with Gasteiger partial charge in [-0.1, -0.05) is 24.3 Å². The Morgan fingerprint density at radius 3 is 2.42 bits per heavy atom. The molecule has 0 aliphatic carbocycles. The van der Waals surface area contributed by atoms with Gasteiger partial charge in [-0.2, -0.15) is 5.10 Å². The molecule has 0 bridgehead atoms. The molecule has 2 aromatic rings. The van der Waals surface area contributed by atoms with Crippen LogP contribution in [0.5, 0.6) is 0 Å². The first-order chi connectivity index (χ1) is 11.6. The highest BCUT2D eigenvalue weighted by Crippen LogP contribution is 2.14. The van der Waals surface area contributed by atoms with Gasteiger partial charge in [0.2, 0.25) is 5.91 Å². The van der Waals surface area contributed by atoms with Gasteiger partial charge in [0.25, 0.3) is 0 Å². The van der Waals surface area contributed by atoms with Crippen molar-refractivity contribution < 1.29 is 4.79 Å². The third-order valence-electron chi connectivity index (χ3n) is 4.29. The van der Waals surface area contributed by atoms with Gasteiger partial charge in [-0.3, -0.25) is 4.79 Å². The van der Waals surface area contributed by atoms with Crippen molar-refractivity contribution in [3.05, 3.63) is 59.3 Å². The second kappa shape index (κ2) is 7.25. The molecule has 0 saturated carbocycles. The van der Waals surface area contributed by atoms with E-state index in [9.17, 15) is 4.79 Å². The van der Waals surface area contributed by atoms with Crippen molar-refractivity contribution in [1.29, 1.82) is 0 Å². The van der Waals surface area contributed by atoms with Crippen LogP contribution in [-0.2, 0) is 4.79 Å². The minimum atomic E-state index is 0.0629. The van der Waals surface area contributed by atoms with E-state index in [1.54, 1.807) is 6.08 Å². The number of piperazine rings is 1. The molecule has 1 amide bonds. The third-order valence-corrected chi connectivity index (χ3v) is 4.29. The van der Waals surface area contributed by atoms with Crippen molar-refractivity contribution in [2.24, 2.45) is 0 Å². The topological polar surface area (TPSA) is 49.3 Å². The number of carbonyl (C=O) groups is 1. The molecule has 0 spiro atoms. The van der Waals surface area contributed by atoms with Crippen LogP contribution < -0.4 is 4.90 Å². The molecule has 24 heavy (non-hydrogen) atoms. The molecule has 1 aromatic carbocycles. The average molecular weight is 322 g/mol. The van der Waals surface area contributed by atoms with Crippen LogP contribution in [0.15, 0.2) is 42.5 Å². The molecular formula is C19H22N4O. The summed E-state index contributed by atoms with van der Waals surface area (Å²) >= 11 is 0. The highest BCUT2D eigenvalue weighted by molar-refractivity contribution is 5.92. The number of amides is 1. The molecule has 5 heteroatoms. The first kappa shape index (κ1) is 16.2. The maximum atomic E-state index is 12.4. The molecule has 3 rings (SSSR count). The van der Waals surface area contributed by atoms with E-state index in [0.717, 1.165) is 30.2 Å². The fourth-order valence-electron chi connectivity index (χ4n) is 2.76. The summed E-state index contributed by atoms with van der Waals surface area (Å²) in [5.41, 5.74) is 3.16. The van der Waals surface area contributed by atoms with Crippen LogP contribution in [0.2, 0.25) is 0 Å². The number of hydrogen-bond donors (Lipinski definition) is 0. The number of rotatable bonds is 3. The van der Waals surface area contributed by atoms with Crippen LogP contribution in [0.25, 0.3) is 6.08 Å². The summed E-state index contributed by atoms with van der Waals surface area (Å²) in [7, 11) is 0. The Balaban J connectivity index is 1.57. The summed E-state index contributed by atoms with van der Waals surface area (Å²) in [4.78, 5) is 16.4. The molecule has 124 valence electrons. The summed E-state index contributed by atoms with van der Waals surface area (Å²) in [6, 6.07) is 12.0. The number of nitrogens with zero attached hydrogens (tertiary/aromatic N) is 4. The lowest BCUT2D eigenvalue weighted by Crippen LogP contribution is -2.48. The second-order valence-corrected chi connectivity index (χ2v) is 6.04. The zero-order valence-electron chi connectivity index (χ0n) is 14.1. The van der Waals surface area contributed by atoms with Crippen LogP contribution in [-0.4, -0.2) is 47.2 Å².